The van der Waals surface area contributed by atoms with Crippen LogP contribution in [0.2, 0.25) is 5.02 Å². The molecule has 110 valence electrons. The highest BCUT2D eigenvalue weighted by molar-refractivity contribution is 14.1. The van der Waals surface area contributed by atoms with Crippen molar-refractivity contribution in [1.82, 2.24) is 0 Å². The van der Waals surface area contributed by atoms with E-state index in [1.165, 1.54) is 0 Å². The van der Waals surface area contributed by atoms with Gasteiger partial charge in [0.05, 0.1) is 18.2 Å². The van der Waals surface area contributed by atoms with Gasteiger partial charge in [-0.05, 0) is 46.4 Å². The van der Waals surface area contributed by atoms with Crippen molar-refractivity contribution in [1.29, 1.82) is 0 Å². The van der Waals surface area contributed by atoms with Crippen LogP contribution in [0.1, 0.15) is 23.7 Å². The molecule has 1 aliphatic heterocycles. The summed E-state index contributed by atoms with van der Waals surface area (Å²) in [7, 11) is 0. The van der Waals surface area contributed by atoms with Crippen LogP contribution in [0.15, 0.2) is 36.4 Å². The van der Waals surface area contributed by atoms with E-state index in [0.29, 0.717) is 35.3 Å². The number of hydrogen-bond acceptors (Lipinski definition) is 3. The molecule has 0 radical (unpaired) electrons. The Morgan fingerprint density at radius 3 is 2.33 bits per heavy atom. The number of hydrogen-bond donors (Lipinski definition) is 1. The molecule has 0 saturated heterocycles. The molecule has 2 aromatic rings. The lowest BCUT2D eigenvalue weighted by atomic mass is 10.0. The first-order valence-electron chi connectivity index (χ1n) is 6.68. The molecule has 0 saturated carbocycles. The molecule has 3 rings (SSSR count). The summed E-state index contributed by atoms with van der Waals surface area (Å²) in [6.45, 7) is 1.22. The molecule has 1 unspecified atom stereocenters. The van der Waals surface area contributed by atoms with Crippen molar-refractivity contribution in [2.75, 3.05) is 13.2 Å². The first kappa shape index (κ1) is 14.9. The Hall–Kier alpha value is -0.980. The zero-order valence-corrected chi connectivity index (χ0v) is 14.1. The van der Waals surface area contributed by atoms with Crippen molar-refractivity contribution in [3.05, 3.63) is 56.1 Å². The average Bonchev–Trinajstić information content (AvgIpc) is 2.71. The van der Waals surface area contributed by atoms with Gasteiger partial charge >= 0.3 is 0 Å². The van der Waals surface area contributed by atoms with Crippen molar-refractivity contribution in [2.45, 2.75) is 12.5 Å². The molecule has 0 fully saturated rings. The molecule has 1 N–H and O–H groups in total. The standard InChI is InChI=1S/C16H14ClIO3/c17-13-9-15-14(20-6-1-7-21-15)8-12(13)16(19)10-2-4-11(18)5-3-10/h2-5,8-9,16,19H,1,6-7H2. The minimum atomic E-state index is -0.786. The molecule has 0 aliphatic carbocycles. The van der Waals surface area contributed by atoms with E-state index < -0.39 is 6.10 Å². The zero-order valence-electron chi connectivity index (χ0n) is 11.2. The highest BCUT2D eigenvalue weighted by Gasteiger charge is 2.19. The summed E-state index contributed by atoms with van der Waals surface area (Å²) in [5.74, 6) is 1.27. The molecular weight excluding hydrogens is 403 g/mol. The minimum Gasteiger partial charge on any atom is -0.490 e. The van der Waals surface area contributed by atoms with Crippen molar-refractivity contribution in [2.24, 2.45) is 0 Å². The summed E-state index contributed by atoms with van der Waals surface area (Å²) in [6.07, 6.45) is 0.0491. The van der Waals surface area contributed by atoms with Crippen LogP contribution in [-0.2, 0) is 0 Å². The summed E-state index contributed by atoms with van der Waals surface area (Å²) in [5.41, 5.74) is 1.42. The van der Waals surface area contributed by atoms with Crippen LogP contribution in [0.25, 0.3) is 0 Å². The van der Waals surface area contributed by atoms with Crippen LogP contribution in [0, 0.1) is 3.57 Å². The Morgan fingerprint density at radius 2 is 1.67 bits per heavy atom. The maximum absolute atomic E-state index is 10.6. The smallest absolute Gasteiger partial charge is 0.162 e. The van der Waals surface area contributed by atoms with E-state index in [0.717, 1.165) is 15.6 Å². The molecule has 1 atom stereocenters. The topological polar surface area (TPSA) is 38.7 Å². The Balaban J connectivity index is 1.97. The largest absolute Gasteiger partial charge is 0.490 e. The lowest BCUT2D eigenvalue weighted by Crippen LogP contribution is -2.02. The van der Waals surface area contributed by atoms with Crippen molar-refractivity contribution in [3.63, 3.8) is 0 Å². The monoisotopic (exact) mass is 416 g/mol. The van der Waals surface area contributed by atoms with Gasteiger partial charge in [-0.3, -0.25) is 0 Å². The fourth-order valence-corrected chi connectivity index (χ4v) is 2.85. The van der Waals surface area contributed by atoms with Gasteiger partial charge in [0.1, 0.15) is 6.10 Å². The lowest BCUT2D eigenvalue weighted by molar-refractivity contribution is 0.219. The van der Waals surface area contributed by atoms with Gasteiger partial charge in [0.25, 0.3) is 0 Å². The number of ether oxygens (including phenoxy) is 2. The number of aliphatic hydroxyl groups excluding tert-OH is 1. The molecule has 5 heteroatoms. The zero-order chi connectivity index (χ0) is 14.8. The maximum atomic E-state index is 10.6. The summed E-state index contributed by atoms with van der Waals surface area (Å²) < 4.78 is 12.4. The third-order valence-electron chi connectivity index (χ3n) is 3.35. The van der Waals surface area contributed by atoms with Crippen molar-refractivity contribution >= 4 is 34.2 Å². The number of fused-ring (bicyclic) bond motifs is 1. The van der Waals surface area contributed by atoms with E-state index in [-0.39, 0.29) is 0 Å². The highest BCUT2D eigenvalue weighted by Crippen LogP contribution is 2.39. The second-order valence-electron chi connectivity index (χ2n) is 4.83. The van der Waals surface area contributed by atoms with Crippen LogP contribution in [0.5, 0.6) is 11.5 Å². The second-order valence-corrected chi connectivity index (χ2v) is 6.48. The summed E-state index contributed by atoms with van der Waals surface area (Å²) >= 11 is 8.52. The minimum absolute atomic E-state index is 0.477. The fraction of sp³-hybridized carbons (Fsp3) is 0.250. The predicted molar refractivity (Wildman–Crippen MR) is 90.3 cm³/mol. The molecule has 0 bridgehead atoms. The maximum Gasteiger partial charge on any atom is 0.162 e. The molecule has 0 aromatic heterocycles. The van der Waals surface area contributed by atoms with E-state index in [9.17, 15) is 5.11 Å². The SMILES string of the molecule is OC(c1ccc(I)cc1)c1cc2c(cc1Cl)OCCCO2. The summed E-state index contributed by atoms with van der Waals surface area (Å²) in [6, 6.07) is 11.2. The van der Waals surface area contributed by atoms with Gasteiger partial charge in [-0.1, -0.05) is 23.7 Å². The molecule has 1 aliphatic rings. The van der Waals surface area contributed by atoms with Crippen LogP contribution < -0.4 is 9.47 Å². The third kappa shape index (κ3) is 3.27. The number of rotatable bonds is 2. The van der Waals surface area contributed by atoms with Gasteiger partial charge < -0.3 is 14.6 Å². The fourth-order valence-electron chi connectivity index (χ4n) is 2.23. The molecule has 0 amide bonds. The van der Waals surface area contributed by atoms with Crippen molar-refractivity contribution in [3.8, 4) is 11.5 Å². The first-order valence-corrected chi connectivity index (χ1v) is 8.13. The highest BCUT2D eigenvalue weighted by atomic mass is 127. The van der Waals surface area contributed by atoms with Crippen LogP contribution >= 0.6 is 34.2 Å². The van der Waals surface area contributed by atoms with E-state index in [1.54, 1.807) is 12.1 Å². The quantitative estimate of drug-likeness (QED) is 0.746. The number of aliphatic hydroxyl groups is 1. The first-order chi connectivity index (χ1) is 10.1. The Labute approximate surface area is 142 Å². The average molecular weight is 417 g/mol. The number of benzene rings is 2. The van der Waals surface area contributed by atoms with Crippen LogP contribution in [0.3, 0.4) is 0 Å². The second kappa shape index (κ2) is 6.42. The van der Waals surface area contributed by atoms with Crippen molar-refractivity contribution < 1.29 is 14.6 Å². The van der Waals surface area contributed by atoms with E-state index in [1.807, 2.05) is 24.3 Å². The summed E-state index contributed by atoms with van der Waals surface area (Å²) in [5, 5.41) is 11.0. The Bertz CT molecular complexity index is 643. The van der Waals surface area contributed by atoms with Gasteiger partial charge in [0.2, 0.25) is 0 Å². The van der Waals surface area contributed by atoms with Crippen LogP contribution in [0.4, 0.5) is 0 Å². The van der Waals surface area contributed by atoms with Gasteiger partial charge in [-0.15, -0.1) is 0 Å². The van der Waals surface area contributed by atoms with Gasteiger partial charge in [0.15, 0.2) is 11.5 Å². The molecule has 2 aromatic carbocycles. The van der Waals surface area contributed by atoms with E-state index >= 15 is 0 Å². The van der Waals surface area contributed by atoms with E-state index in [4.69, 9.17) is 21.1 Å². The van der Waals surface area contributed by atoms with Gasteiger partial charge in [0, 0.05) is 21.6 Å². The Kier molecular flexibility index (Phi) is 4.57. The molecule has 21 heavy (non-hydrogen) atoms. The predicted octanol–water partition coefficient (Wildman–Crippen LogP) is 4.19. The third-order valence-corrected chi connectivity index (χ3v) is 4.39. The molecule has 3 nitrogen and oxygen atoms in total. The van der Waals surface area contributed by atoms with Crippen LogP contribution in [-0.4, -0.2) is 18.3 Å². The number of halogens is 2. The lowest BCUT2D eigenvalue weighted by Gasteiger charge is -2.16. The Morgan fingerprint density at radius 1 is 1.05 bits per heavy atom. The van der Waals surface area contributed by atoms with Gasteiger partial charge in [-0.25, -0.2) is 0 Å². The van der Waals surface area contributed by atoms with E-state index in [2.05, 4.69) is 22.6 Å². The summed E-state index contributed by atoms with van der Waals surface area (Å²) in [4.78, 5) is 0. The van der Waals surface area contributed by atoms with Gasteiger partial charge in [-0.2, -0.15) is 0 Å². The molecular formula is C16H14ClIO3. The normalized spacial score (nSPS) is 15.4. The molecule has 0 spiro atoms. The molecule has 1 heterocycles.